The molecule has 1 aromatic rings. The van der Waals surface area contributed by atoms with Gasteiger partial charge in [-0.05, 0) is 24.6 Å². The van der Waals surface area contributed by atoms with Gasteiger partial charge in [0.25, 0.3) is 0 Å². The van der Waals surface area contributed by atoms with Gasteiger partial charge < -0.3 is 10.8 Å². The zero-order valence-corrected chi connectivity index (χ0v) is 6.33. The molecule has 0 aliphatic heterocycles. The smallest absolute Gasteiger partial charge is 0.0319 e. The van der Waals surface area contributed by atoms with Crippen LogP contribution in [0.15, 0.2) is 24.3 Å². The van der Waals surface area contributed by atoms with Crippen LogP contribution in [0.2, 0.25) is 0 Å². The van der Waals surface area contributed by atoms with Crippen LogP contribution >= 0.6 is 0 Å². The maximum Gasteiger partial charge on any atom is 0.0319 e. The molecule has 3 N–H and O–H groups in total. The van der Waals surface area contributed by atoms with Gasteiger partial charge in [0.1, 0.15) is 0 Å². The number of aliphatic hydroxyl groups is 1. The number of benzene rings is 1. The summed E-state index contributed by atoms with van der Waals surface area (Å²) in [6.07, 6.45) is 0. The van der Waals surface area contributed by atoms with Gasteiger partial charge >= 0.3 is 0 Å². The van der Waals surface area contributed by atoms with Crippen molar-refractivity contribution in [3.63, 3.8) is 0 Å². The van der Waals surface area contributed by atoms with Crippen LogP contribution in [0, 0.1) is 6.92 Å². The van der Waals surface area contributed by atoms with Crippen molar-refractivity contribution in [2.45, 2.75) is 6.92 Å². The van der Waals surface area contributed by atoms with Crippen molar-refractivity contribution in [3.8, 4) is 0 Å². The summed E-state index contributed by atoms with van der Waals surface area (Å²) in [7, 11) is 1.00. The highest BCUT2D eigenvalue weighted by Crippen LogP contribution is 2.03. The molecule has 0 aliphatic rings. The van der Waals surface area contributed by atoms with Crippen LogP contribution in [0.4, 0.5) is 5.69 Å². The van der Waals surface area contributed by atoms with E-state index < -0.39 is 0 Å². The second-order valence-corrected chi connectivity index (χ2v) is 1.91. The molecule has 0 atom stereocenters. The largest absolute Gasteiger partial charge is 0.400 e. The average molecular weight is 139 g/mol. The van der Waals surface area contributed by atoms with E-state index in [0.29, 0.717) is 0 Å². The number of anilines is 1. The molecule has 0 unspecified atom stereocenters. The monoisotopic (exact) mass is 139 g/mol. The molecule has 0 saturated heterocycles. The normalized spacial score (nSPS) is 7.90. The zero-order chi connectivity index (χ0) is 7.98. The quantitative estimate of drug-likeness (QED) is 0.530. The number of hydrogen-bond acceptors (Lipinski definition) is 2. The molecule has 56 valence electrons. The van der Waals surface area contributed by atoms with Crippen LogP contribution in [-0.4, -0.2) is 12.2 Å². The number of nitrogens with two attached hydrogens (primary N) is 1. The summed E-state index contributed by atoms with van der Waals surface area (Å²) in [5, 5.41) is 7.00. The Balaban J connectivity index is 0.000000371. The fourth-order valence-corrected chi connectivity index (χ4v) is 0.670. The molecule has 0 aromatic heterocycles. The van der Waals surface area contributed by atoms with E-state index in [9.17, 15) is 0 Å². The van der Waals surface area contributed by atoms with E-state index in [1.165, 1.54) is 5.56 Å². The SMILES string of the molecule is CO.Cc1cccc(N)c1. The topological polar surface area (TPSA) is 46.2 Å². The minimum Gasteiger partial charge on any atom is -0.400 e. The minimum absolute atomic E-state index is 0.838. The van der Waals surface area contributed by atoms with Crippen molar-refractivity contribution in [2.24, 2.45) is 0 Å². The Hall–Kier alpha value is -1.02. The van der Waals surface area contributed by atoms with Crippen molar-refractivity contribution < 1.29 is 5.11 Å². The van der Waals surface area contributed by atoms with Crippen LogP contribution in [-0.2, 0) is 0 Å². The number of aryl methyl sites for hydroxylation is 1. The Labute approximate surface area is 61.3 Å². The zero-order valence-electron chi connectivity index (χ0n) is 6.33. The van der Waals surface area contributed by atoms with Gasteiger partial charge in [0.2, 0.25) is 0 Å². The summed E-state index contributed by atoms with van der Waals surface area (Å²) in [6.45, 7) is 2.02. The predicted octanol–water partition coefficient (Wildman–Crippen LogP) is 1.19. The van der Waals surface area contributed by atoms with E-state index in [2.05, 4.69) is 0 Å². The van der Waals surface area contributed by atoms with E-state index in [-0.39, 0.29) is 0 Å². The summed E-state index contributed by atoms with van der Waals surface area (Å²) in [5.74, 6) is 0. The summed E-state index contributed by atoms with van der Waals surface area (Å²) < 4.78 is 0. The Morgan fingerprint density at radius 1 is 1.30 bits per heavy atom. The fourth-order valence-electron chi connectivity index (χ4n) is 0.670. The first kappa shape index (κ1) is 8.98. The maximum atomic E-state index is 7.00. The van der Waals surface area contributed by atoms with E-state index in [4.69, 9.17) is 10.8 Å². The molecular formula is C8H13NO. The third-order valence-corrected chi connectivity index (χ3v) is 1.04. The van der Waals surface area contributed by atoms with E-state index >= 15 is 0 Å². The third kappa shape index (κ3) is 3.10. The number of hydrogen-bond donors (Lipinski definition) is 2. The first-order valence-electron chi connectivity index (χ1n) is 3.06. The van der Waals surface area contributed by atoms with Gasteiger partial charge in [-0.1, -0.05) is 12.1 Å². The van der Waals surface area contributed by atoms with Crippen molar-refractivity contribution in [2.75, 3.05) is 12.8 Å². The maximum absolute atomic E-state index is 7.00. The van der Waals surface area contributed by atoms with Crippen LogP contribution in [0.5, 0.6) is 0 Å². The molecule has 0 amide bonds. The number of rotatable bonds is 0. The molecule has 1 aromatic carbocycles. The summed E-state index contributed by atoms with van der Waals surface area (Å²) in [5.41, 5.74) is 7.51. The minimum atomic E-state index is 0.838. The molecule has 2 nitrogen and oxygen atoms in total. The van der Waals surface area contributed by atoms with Gasteiger partial charge in [-0.3, -0.25) is 0 Å². The first-order valence-corrected chi connectivity index (χ1v) is 3.06. The van der Waals surface area contributed by atoms with E-state index in [1.807, 2.05) is 31.2 Å². The van der Waals surface area contributed by atoms with Crippen molar-refractivity contribution in [1.82, 2.24) is 0 Å². The highest BCUT2D eigenvalue weighted by Gasteiger charge is 1.81. The molecule has 10 heavy (non-hydrogen) atoms. The molecule has 0 fully saturated rings. The van der Waals surface area contributed by atoms with E-state index in [0.717, 1.165) is 12.8 Å². The highest BCUT2D eigenvalue weighted by molar-refractivity contribution is 5.39. The molecule has 0 heterocycles. The second kappa shape index (κ2) is 4.82. The van der Waals surface area contributed by atoms with Gasteiger partial charge in [0, 0.05) is 12.8 Å². The summed E-state index contributed by atoms with van der Waals surface area (Å²) >= 11 is 0. The van der Waals surface area contributed by atoms with Gasteiger partial charge in [-0.15, -0.1) is 0 Å². The van der Waals surface area contributed by atoms with Gasteiger partial charge in [0.05, 0.1) is 0 Å². The molecule has 0 bridgehead atoms. The lowest BCUT2D eigenvalue weighted by Crippen LogP contribution is -1.82. The predicted molar refractivity (Wildman–Crippen MR) is 43.7 cm³/mol. The van der Waals surface area contributed by atoms with Gasteiger partial charge in [0.15, 0.2) is 0 Å². The molecule has 0 spiro atoms. The Morgan fingerprint density at radius 2 is 1.90 bits per heavy atom. The lowest BCUT2D eigenvalue weighted by molar-refractivity contribution is 0.399. The lowest BCUT2D eigenvalue weighted by Gasteiger charge is -1.91. The number of nitrogen functional groups attached to an aromatic ring is 1. The molecule has 0 aliphatic carbocycles. The van der Waals surface area contributed by atoms with Crippen LogP contribution in [0.1, 0.15) is 5.56 Å². The van der Waals surface area contributed by atoms with Gasteiger partial charge in [-0.25, -0.2) is 0 Å². The first-order chi connectivity index (χ1) is 4.79. The fraction of sp³-hybridized carbons (Fsp3) is 0.250. The van der Waals surface area contributed by atoms with Crippen molar-refractivity contribution >= 4 is 5.69 Å². The van der Waals surface area contributed by atoms with Crippen LogP contribution in [0.25, 0.3) is 0 Å². The van der Waals surface area contributed by atoms with Crippen molar-refractivity contribution in [3.05, 3.63) is 29.8 Å². The highest BCUT2D eigenvalue weighted by atomic mass is 16.2. The Kier molecular flexibility index (Phi) is 4.33. The van der Waals surface area contributed by atoms with Crippen molar-refractivity contribution in [1.29, 1.82) is 0 Å². The summed E-state index contributed by atoms with van der Waals surface area (Å²) in [6, 6.07) is 7.80. The van der Waals surface area contributed by atoms with E-state index in [1.54, 1.807) is 0 Å². The lowest BCUT2D eigenvalue weighted by atomic mass is 10.2. The summed E-state index contributed by atoms with van der Waals surface area (Å²) in [4.78, 5) is 0. The average Bonchev–Trinajstić information content (AvgIpc) is 1.91. The third-order valence-electron chi connectivity index (χ3n) is 1.04. The molecule has 0 radical (unpaired) electrons. The van der Waals surface area contributed by atoms with Gasteiger partial charge in [-0.2, -0.15) is 0 Å². The molecular weight excluding hydrogens is 126 g/mol. The standard InChI is InChI=1S/C7H9N.CH4O/c1-6-3-2-4-7(8)5-6;1-2/h2-5H,8H2,1H3;2H,1H3. The van der Waals surface area contributed by atoms with Crippen LogP contribution in [0.3, 0.4) is 0 Å². The molecule has 1 rings (SSSR count). The number of aliphatic hydroxyl groups excluding tert-OH is 1. The molecule has 2 heteroatoms. The second-order valence-electron chi connectivity index (χ2n) is 1.91. The Bertz CT molecular complexity index is 169. The Morgan fingerprint density at radius 3 is 2.20 bits per heavy atom. The molecule has 0 saturated carbocycles. The van der Waals surface area contributed by atoms with Crippen LogP contribution < -0.4 is 5.73 Å².